The van der Waals surface area contributed by atoms with Crippen molar-refractivity contribution in [2.75, 3.05) is 13.1 Å². The minimum atomic E-state index is 0.494. The number of nitrogens with one attached hydrogen (secondary N) is 1. The highest BCUT2D eigenvalue weighted by atomic mass is 14.9. The van der Waals surface area contributed by atoms with Crippen molar-refractivity contribution >= 4 is 0 Å². The standard InChI is InChI=1S/C12H19N3/c1-9(2)12-6-11(14-8-15-12)5-10-3-4-13-7-10/h6,8-10,13H,3-5,7H2,1-2H3. The number of aromatic nitrogens is 2. The van der Waals surface area contributed by atoms with Crippen LogP contribution in [0.15, 0.2) is 12.4 Å². The summed E-state index contributed by atoms with van der Waals surface area (Å²) in [4.78, 5) is 8.63. The van der Waals surface area contributed by atoms with Gasteiger partial charge in [-0.25, -0.2) is 9.97 Å². The van der Waals surface area contributed by atoms with Crippen molar-refractivity contribution in [1.82, 2.24) is 15.3 Å². The van der Waals surface area contributed by atoms with Crippen molar-refractivity contribution in [2.24, 2.45) is 5.92 Å². The molecule has 1 fully saturated rings. The van der Waals surface area contributed by atoms with Crippen LogP contribution in [-0.2, 0) is 6.42 Å². The van der Waals surface area contributed by atoms with Gasteiger partial charge in [0.2, 0.25) is 0 Å². The molecule has 1 unspecified atom stereocenters. The molecule has 3 heteroatoms. The van der Waals surface area contributed by atoms with Gasteiger partial charge in [0, 0.05) is 11.4 Å². The maximum atomic E-state index is 4.35. The second kappa shape index (κ2) is 4.71. The van der Waals surface area contributed by atoms with E-state index < -0.39 is 0 Å². The van der Waals surface area contributed by atoms with Crippen molar-refractivity contribution < 1.29 is 0 Å². The predicted octanol–water partition coefficient (Wildman–Crippen LogP) is 1.75. The van der Waals surface area contributed by atoms with Gasteiger partial charge in [0.25, 0.3) is 0 Å². The summed E-state index contributed by atoms with van der Waals surface area (Å²) in [5.74, 6) is 1.26. The highest BCUT2D eigenvalue weighted by Crippen LogP contribution is 2.16. The molecule has 3 nitrogen and oxygen atoms in total. The summed E-state index contributed by atoms with van der Waals surface area (Å²) in [6, 6.07) is 2.16. The molecular formula is C12H19N3. The van der Waals surface area contributed by atoms with E-state index in [-0.39, 0.29) is 0 Å². The van der Waals surface area contributed by atoms with Crippen molar-refractivity contribution in [3.8, 4) is 0 Å². The quantitative estimate of drug-likeness (QED) is 0.817. The normalized spacial score (nSPS) is 21.1. The summed E-state index contributed by atoms with van der Waals surface area (Å²) < 4.78 is 0. The van der Waals surface area contributed by atoms with E-state index in [4.69, 9.17) is 0 Å². The molecule has 0 saturated carbocycles. The zero-order chi connectivity index (χ0) is 10.7. The van der Waals surface area contributed by atoms with Crippen LogP contribution < -0.4 is 5.32 Å². The summed E-state index contributed by atoms with van der Waals surface area (Å²) in [5, 5.41) is 3.39. The van der Waals surface area contributed by atoms with Gasteiger partial charge in [0.05, 0.1) is 0 Å². The first-order valence-corrected chi connectivity index (χ1v) is 5.77. The van der Waals surface area contributed by atoms with Crippen LogP contribution in [0.3, 0.4) is 0 Å². The van der Waals surface area contributed by atoms with Crippen LogP contribution in [0.25, 0.3) is 0 Å². The molecule has 82 valence electrons. The van der Waals surface area contributed by atoms with E-state index in [1.807, 2.05) is 0 Å². The summed E-state index contributed by atoms with van der Waals surface area (Å²) in [5.41, 5.74) is 2.35. The predicted molar refractivity (Wildman–Crippen MR) is 60.8 cm³/mol. The van der Waals surface area contributed by atoms with E-state index >= 15 is 0 Å². The Labute approximate surface area is 91.3 Å². The van der Waals surface area contributed by atoms with Crippen LogP contribution >= 0.6 is 0 Å². The van der Waals surface area contributed by atoms with Crippen LogP contribution in [0.1, 0.15) is 37.6 Å². The Morgan fingerprint density at radius 2 is 2.33 bits per heavy atom. The third-order valence-corrected chi connectivity index (χ3v) is 3.00. The lowest BCUT2D eigenvalue weighted by molar-refractivity contribution is 0.569. The zero-order valence-corrected chi connectivity index (χ0v) is 9.53. The van der Waals surface area contributed by atoms with Crippen molar-refractivity contribution in [3.63, 3.8) is 0 Å². The molecule has 0 aromatic carbocycles. The molecule has 1 aromatic heterocycles. The molecule has 0 radical (unpaired) electrons. The average Bonchev–Trinajstić information content (AvgIpc) is 2.71. The molecule has 2 heterocycles. The van der Waals surface area contributed by atoms with E-state index in [0.717, 1.165) is 31.1 Å². The fraction of sp³-hybridized carbons (Fsp3) is 0.667. The molecule has 1 saturated heterocycles. The van der Waals surface area contributed by atoms with Crippen LogP contribution in [0, 0.1) is 5.92 Å². The first-order valence-electron chi connectivity index (χ1n) is 5.77. The lowest BCUT2D eigenvalue weighted by Gasteiger charge is -2.09. The minimum Gasteiger partial charge on any atom is -0.316 e. The van der Waals surface area contributed by atoms with Crippen LogP contribution in [0.4, 0.5) is 0 Å². The summed E-state index contributed by atoms with van der Waals surface area (Å²) in [6.07, 6.45) is 4.07. The van der Waals surface area contributed by atoms with Gasteiger partial charge in [-0.15, -0.1) is 0 Å². The molecule has 1 aliphatic rings. The molecule has 1 aliphatic heterocycles. The van der Waals surface area contributed by atoms with Gasteiger partial charge in [-0.2, -0.15) is 0 Å². The first-order chi connectivity index (χ1) is 7.25. The molecular weight excluding hydrogens is 186 g/mol. The largest absolute Gasteiger partial charge is 0.316 e. The topological polar surface area (TPSA) is 37.8 Å². The Morgan fingerprint density at radius 1 is 1.47 bits per heavy atom. The highest BCUT2D eigenvalue weighted by molar-refractivity contribution is 5.12. The van der Waals surface area contributed by atoms with Gasteiger partial charge in [-0.05, 0) is 43.8 Å². The average molecular weight is 205 g/mol. The maximum absolute atomic E-state index is 4.35. The zero-order valence-electron chi connectivity index (χ0n) is 9.53. The fourth-order valence-corrected chi connectivity index (χ4v) is 2.03. The third-order valence-electron chi connectivity index (χ3n) is 3.00. The van der Waals surface area contributed by atoms with Gasteiger partial charge in [-0.1, -0.05) is 13.8 Å². The highest BCUT2D eigenvalue weighted by Gasteiger charge is 2.15. The molecule has 0 spiro atoms. The second-order valence-corrected chi connectivity index (χ2v) is 4.65. The Balaban J connectivity index is 2.04. The molecule has 0 amide bonds. The third kappa shape index (κ3) is 2.75. The van der Waals surface area contributed by atoms with Crippen LogP contribution in [-0.4, -0.2) is 23.1 Å². The number of nitrogens with zero attached hydrogens (tertiary/aromatic N) is 2. The van der Waals surface area contributed by atoms with Gasteiger partial charge >= 0.3 is 0 Å². The van der Waals surface area contributed by atoms with E-state index in [0.29, 0.717) is 5.92 Å². The number of hydrogen-bond acceptors (Lipinski definition) is 3. The molecule has 1 atom stereocenters. The molecule has 0 aliphatic carbocycles. The van der Waals surface area contributed by atoms with E-state index in [1.54, 1.807) is 6.33 Å². The Hall–Kier alpha value is -0.960. The summed E-state index contributed by atoms with van der Waals surface area (Å²) >= 11 is 0. The number of hydrogen-bond donors (Lipinski definition) is 1. The fourth-order valence-electron chi connectivity index (χ4n) is 2.03. The minimum absolute atomic E-state index is 0.494. The van der Waals surface area contributed by atoms with Crippen LogP contribution in [0.5, 0.6) is 0 Å². The van der Waals surface area contributed by atoms with Gasteiger partial charge < -0.3 is 5.32 Å². The maximum Gasteiger partial charge on any atom is 0.115 e. The lowest BCUT2D eigenvalue weighted by Crippen LogP contribution is -2.11. The second-order valence-electron chi connectivity index (χ2n) is 4.65. The van der Waals surface area contributed by atoms with Gasteiger partial charge in [0.15, 0.2) is 0 Å². The lowest BCUT2D eigenvalue weighted by atomic mass is 10.0. The first kappa shape index (κ1) is 10.6. The Kier molecular flexibility index (Phi) is 3.31. The molecule has 0 bridgehead atoms. The number of rotatable bonds is 3. The van der Waals surface area contributed by atoms with Gasteiger partial charge in [-0.3, -0.25) is 0 Å². The van der Waals surface area contributed by atoms with Crippen molar-refractivity contribution in [2.45, 2.75) is 32.6 Å². The molecule has 15 heavy (non-hydrogen) atoms. The molecule has 2 rings (SSSR count). The van der Waals surface area contributed by atoms with Gasteiger partial charge in [0.1, 0.15) is 6.33 Å². The van der Waals surface area contributed by atoms with Crippen molar-refractivity contribution in [3.05, 3.63) is 23.8 Å². The Morgan fingerprint density at radius 3 is 3.00 bits per heavy atom. The van der Waals surface area contributed by atoms with E-state index in [1.165, 1.54) is 12.1 Å². The van der Waals surface area contributed by atoms with E-state index in [2.05, 4.69) is 35.2 Å². The smallest absolute Gasteiger partial charge is 0.115 e. The van der Waals surface area contributed by atoms with E-state index in [9.17, 15) is 0 Å². The molecule has 1 N–H and O–H groups in total. The van der Waals surface area contributed by atoms with Crippen molar-refractivity contribution in [1.29, 1.82) is 0 Å². The molecule has 1 aromatic rings. The summed E-state index contributed by atoms with van der Waals surface area (Å²) in [6.45, 7) is 6.64. The SMILES string of the molecule is CC(C)c1cc(CC2CCNC2)ncn1. The monoisotopic (exact) mass is 205 g/mol. The summed E-state index contributed by atoms with van der Waals surface area (Å²) in [7, 11) is 0. The Bertz CT molecular complexity index is 316. The van der Waals surface area contributed by atoms with Crippen LogP contribution in [0.2, 0.25) is 0 Å².